The molecule has 15 nitrogen and oxygen atoms in total. The highest BCUT2D eigenvalue weighted by Crippen LogP contribution is 2.26. The van der Waals surface area contributed by atoms with Crippen molar-refractivity contribution in [3.05, 3.63) is 90.3 Å². The summed E-state index contributed by atoms with van der Waals surface area (Å²) in [5.74, 6) is -2.64. The van der Waals surface area contributed by atoms with Crippen molar-refractivity contribution >= 4 is 48.9 Å². The smallest absolute Gasteiger partial charge is 0.342 e. The third-order valence-electron chi connectivity index (χ3n) is 9.40. The monoisotopic (exact) mass is 796 g/mol. The zero-order chi connectivity index (χ0) is 40.2. The SMILES string of the molecule is COc1ccc(S(=O)(=O)N(CC(C)C)C[C@@H](O)[C@H](Cc2ccccc2)NC(=O)[C@H](C(C)C)N2CC(=O)N(S(=O)(=O)Cc3nc4ccccc4n3C)C2=O)cc1. The van der Waals surface area contributed by atoms with E-state index in [-0.39, 0.29) is 40.5 Å². The zero-order valence-electron chi connectivity index (χ0n) is 31.7. The maximum absolute atomic E-state index is 14.2. The minimum absolute atomic E-state index is 0.00225. The van der Waals surface area contributed by atoms with Crippen LogP contribution in [0.4, 0.5) is 4.79 Å². The number of sulfonamides is 2. The fraction of sp³-hybridized carbons (Fsp3) is 0.421. The van der Waals surface area contributed by atoms with Crippen LogP contribution in [0.25, 0.3) is 11.0 Å². The molecule has 1 saturated heterocycles. The molecule has 0 spiro atoms. The average molecular weight is 797 g/mol. The number of nitrogens with zero attached hydrogens (tertiary/aromatic N) is 5. The van der Waals surface area contributed by atoms with Crippen LogP contribution in [0.3, 0.4) is 0 Å². The first-order chi connectivity index (χ1) is 25.9. The van der Waals surface area contributed by atoms with E-state index < -0.39 is 74.3 Å². The number of rotatable bonds is 17. The van der Waals surface area contributed by atoms with E-state index in [1.807, 2.05) is 13.8 Å². The normalized spacial score (nSPS) is 15.7. The first-order valence-electron chi connectivity index (χ1n) is 17.9. The summed E-state index contributed by atoms with van der Waals surface area (Å²) >= 11 is 0. The van der Waals surface area contributed by atoms with E-state index >= 15 is 0 Å². The van der Waals surface area contributed by atoms with E-state index in [0.29, 0.717) is 16.8 Å². The third kappa shape index (κ3) is 9.18. The molecule has 4 amide bonds. The summed E-state index contributed by atoms with van der Waals surface area (Å²) in [5, 5.41) is 14.6. The molecule has 2 heterocycles. The summed E-state index contributed by atoms with van der Waals surface area (Å²) in [7, 11) is -5.58. The van der Waals surface area contributed by atoms with Crippen LogP contribution in [0.2, 0.25) is 0 Å². The van der Waals surface area contributed by atoms with E-state index in [1.165, 1.54) is 35.7 Å². The van der Waals surface area contributed by atoms with Crippen LogP contribution in [0, 0.1) is 11.8 Å². The number of imide groups is 1. The minimum Gasteiger partial charge on any atom is -0.497 e. The number of hydrogen-bond acceptors (Lipinski definition) is 10. The standard InChI is InChI=1S/C38H48N6O9S2/c1-25(2)21-42(55(51,52)29-18-16-28(53-6)17-19-29)22-33(45)31(20-27-12-8-7-9-13-27)40-37(47)36(26(3)4)43-23-35(46)44(38(43)48)54(49,50)24-34-39-30-14-10-11-15-32(30)41(34)5/h7-19,25-26,31,33,36,45H,20-24H2,1-6H3,(H,40,47)/t31-,33+,36-/m0/s1. The van der Waals surface area contributed by atoms with Crippen molar-refractivity contribution in [2.75, 3.05) is 26.7 Å². The van der Waals surface area contributed by atoms with Gasteiger partial charge in [0.05, 0.1) is 35.2 Å². The molecule has 55 heavy (non-hydrogen) atoms. The number of aliphatic hydroxyl groups is 1. The second-order valence-electron chi connectivity index (χ2n) is 14.4. The van der Waals surface area contributed by atoms with Gasteiger partial charge in [0.1, 0.15) is 29.9 Å². The predicted octanol–water partition coefficient (Wildman–Crippen LogP) is 3.14. The second-order valence-corrected chi connectivity index (χ2v) is 18.1. The number of benzene rings is 3. The minimum atomic E-state index is -4.57. The van der Waals surface area contributed by atoms with E-state index in [0.717, 1.165) is 10.5 Å². The Hall–Kier alpha value is -4.84. The van der Waals surface area contributed by atoms with Crippen LogP contribution in [-0.4, -0.2) is 108 Å². The summed E-state index contributed by atoms with van der Waals surface area (Å²) in [6.07, 6.45) is -1.35. The van der Waals surface area contributed by atoms with Gasteiger partial charge in [-0.2, -0.15) is 8.61 Å². The molecule has 4 aromatic rings. The lowest BCUT2D eigenvalue weighted by Gasteiger charge is -2.34. The number of aryl methyl sites for hydroxylation is 1. The molecule has 1 aliphatic heterocycles. The number of aromatic nitrogens is 2. The second kappa shape index (κ2) is 16.9. The Kier molecular flexibility index (Phi) is 12.7. The number of amides is 4. The van der Waals surface area contributed by atoms with Crippen molar-refractivity contribution in [1.29, 1.82) is 0 Å². The molecular weight excluding hydrogens is 749 g/mol. The lowest BCUT2D eigenvalue weighted by molar-refractivity contribution is -0.128. The Balaban J connectivity index is 1.40. The van der Waals surface area contributed by atoms with Crippen molar-refractivity contribution in [2.45, 2.75) is 63.0 Å². The van der Waals surface area contributed by atoms with Gasteiger partial charge in [-0.3, -0.25) is 9.59 Å². The van der Waals surface area contributed by atoms with Crippen LogP contribution in [0.5, 0.6) is 5.75 Å². The van der Waals surface area contributed by atoms with Gasteiger partial charge in [0, 0.05) is 20.1 Å². The van der Waals surface area contributed by atoms with Gasteiger partial charge in [0.25, 0.3) is 15.9 Å². The maximum Gasteiger partial charge on any atom is 0.342 e. The van der Waals surface area contributed by atoms with Crippen molar-refractivity contribution in [2.24, 2.45) is 18.9 Å². The first kappa shape index (κ1) is 41.3. The van der Waals surface area contributed by atoms with Gasteiger partial charge in [-0.25, -0.2) is 26.6 Å². The lowest BCUT2D eigenvalue weighted by Crippen LogP contribution is -2.57. The molecule has 1 aromatic heterocycles. The number of para-hydroxylation sites is 2. The number of carbonyl (C=O) groups excluding carboxylic acids is 3. The summed E-state index contributed by atoms with van der Waals surface area (Å²) in [5.41, 5.74) is 1.95. The molecule has 3 atom stereocenters. The summed E-state index contributed by atoms with van der Waals surface area (Å²) in [6, 6.07) is 18.3. The van der Waals surface area contributed by atoms with E-state index in [2.05, 4.69) is 10.3 Å². The number of aliphatic hydroxyl groups excluding tert-OH is 1. The molecule has 0 aliphatic carbocycles. The number of ether oxygens (including phenoxy) is 1. The molecule has 3 aromatic carbocycles. The molecular formula is C38H48N6O9S2. The quantitative estimate of drug-likeness (QED) is 0.150. The lowest BCUT2D eigenvalue weighted by atomic mass is 9.97. The Morgan fingerprint density at radius 3 is 2.16 bits per heavy atom. The van der Waals surface area contributed by atoms with Gasteiger partial charge in [-0.1, -0.05) is 70.2 Å². The Bertz CT molecular complexity index is 2230. The molecule has 0 saturated carbocycles. The molecule has 296 valence electrons. The largest absolute Gasteiger partial charge is 0.497 e. The van der Waals surface area contributed by atoms with Crippen LogP contribution >= 0.6 is 0 Å². The van der Waals surface area contributed by atoms with Crippen molar-refractivity contribution in [3.8, 4) is 5.75 Å². The van der Waals surface area contributed by atoms with Gasteiger partial charge in [0.2, 0.25) is 15.9 Å². The van der Waals surface area contributed by atoms with Crippen LogP contribution in [0.1, 0.15) is 39.1 Å². The maximum atomic E-state index is 14.2. The number of nitrogens with one attached hydrogen (secondary N) is 1. The van der Waals surface area contributed by atoms with Gasteiger partial charge in [-0.15, -0.1) is 0 Å². The number of urea groups is 1. The number of hydrogen-bond donors (Lipinski definition) is 2. The molecule has 2 N–H and O–H groups in total. The summed E-state index contributed by atoms with van der Waals surface area (Å²) < 4.78 is 63.2. The molecule has 17 heteroatoms. The summed E-state index contributed by atoms with van der Waals surface area (Å²) in [4.78, 5) is 46.6. The molecule has 0 radical (unpaired) electrons. The molecule has 1 aliphatic rings. The fourth-order valence-electron chi connectivity index (χ4n) is 6.68. The van der Waals surface area contributed by atoms with Crippen molar-refractivity contribution in [1.82, 2.24) is 28.4 Å². The van der Waals surface area contributed by atoms with Crippen molar-refractivity contribution < 1.29 is 41.1 Å². The highest BCUT2D eigenvalue weighted by molar-refractivity contribution is 7.89. The molecule has 0 unspecified atom stereocenters. The molecule has 5 rings (SSSR count). The zero-order valence-corrected chi connectivity index (χ0v) is 33.3. The Morgan fingerprint density at radius 1 is 0.927 bits per heavy atom. The first-order valence-corrected chi connectivity index (χ1v) is 20.9. The highest BCUT2D eigenvalue weighted by Gasteiger charge is 2.49. The molecule has 0 bridgehead atoms. The number of carbonyl (C=O) groups is 3. The highest BCUT2D eigenvalue weighted by atomic mass is 32.2. The number of fused-ring (bicyclic) bond motifs is 1. The number of imidazole rings is 1. The molecule has 1 fully saturated rings. The van der Waals surface area contributed by atoms with Crippen LogP contribution in [-0.2, 0) is 48.9 Å². The van der Waals surface area contributed by atoms with Gasteiger partial charge >= 0.3 is 6.03 Å². The summed E-state index contributed by atoms with van der Waals surface area (Å²) in [6.45, 7) is 5.98. The van der Waals surface area contributed by atoms with E-state index in [9.17, 15) is 36.3 Å². The van der Waals surface area contributed by atoms with E-state index in [4.69, 9.17) is 4.74 Å². The Labute approximate surface area is 322 Å². The Morgan fingerprint density at radius 2 is 1.56 bits per heavy atom. The number of methoxy groups -OCH3 is 1. The van der Waals surface area contributed by atoms with Crippen LogP contribution in [0.15, 0.2) is 83.8 Å². The van der Waals surface area contributed by atoms with Crippen LogP contribution < -0.4 is 10.1 Å². The predicted molar refractivity (Wildman–Crippen MR) is 206 cm³/mol. The third-order valence-corrected chi connectivity index (χ3v) is 12.8. The van der Waals surface area contributed by atoms with Gasteiger partial charge in [-0.05, 0) is 60.2 Å². The van der Waals surface area contributed by atoms with Crippen molar-refractivity contribution in [3.63, 3.8) is 0 Å². The van der Waals surface area contributed by atoms with Gasteiger partial charge in [0.15, 0.2) is 0 Å². The topological polar surface area (TPSA) is 189 Å². The average Bonchev–Trinajstić information content (AvgIpc) is 3.60. The van der Waals surface area contributed by atoms with Gasteiger partial charge < -0.3 is 24.6 Å². The fourth-order valence-corrected chi connectivity index (χ4v) is 9.72. The van der Waals surface area contributed by atoms with E-state index in [1.54, 1.807) is 80.1 Å².